The van der Waals surface area contributed by atoms with Crippen LogP contribution in [0, 0.1) is 0 Å². The van der Waals surface area contributed by atoms with Crippen LogP contribution in [-0.2, 0) is 13.0 Å². The van der Waals surface area contributed by atoms with E-state index in [-0.39, 0.29) is 28.6 Å². The quantitative estimate of drug-likeness (QED) is 0.563. The Morgan fingerprint density at radius 1 is 1.25 bits per heavy atom. The normalized spacial score (nSPS) is 13.1. The molecule has 0 aromatic carbocycles. The lowest BCUT2D eigenvalue weighted by Crippen LogP contribution is -2.35. The van der Waals surface area contributed by atoms with E-state index in [1.54, 1.807) is 6.92 Å². The Labute approximate surface area is 163 Å². The van der Waals surface area contributed by atoms with Gasteiger partial charge >= 0.3 is 12.8 Å². The van der Waals surface area contributed by atoms with Crippen LogP contribution in [0.3, 0.4) is 0 Å². The number of halogens is 6. The van der Waals surface area contributed by atoms with Crippen molar-refractivity contribution < 1.29 is 26.7 Å². The zero-order valence-electron chi connectivity index (χ0n) is 15.4. The molecule has 1 atom stereocenters. The number of nitrogens with one attached hydrogen (secondary N) is 1. The Balaban J connectivity index is 2.53. The molecule has 11 heteroatoms. The van der Waals surface area contributed by atoms with E-state index in [0.29, 0.717) is 24.4 Å². The summed E-state index contributed by atoms with van der Waals surface area (Å²) in [6.45, 7) is 2.19. The third-order valence-electron chi connectivity index (χ3n) is 4.06. The van der Waals surface area contributed by atoms with Gasteiger partial charge in [0.05, 0.1) is 22.0 Å². The number of ether oxygens (including phenoxy) is 1. The van der Waals surface area contributed by atoms with Crippen molar-refractivity contribution in [3.05, 3.63) is 23.0 Å². The van der Waals surface area contributed by atoms with Gasteiger partial charge < -0.3 is 10.1 Å². The summed E-state index contributed by atoms with van der Waals surface area (Å²) < 4.78 is 70.8. The highest BCUT2D eigenvalue weighted by Crippen LogP contribution is 2.38. The van der Waals surface area contributed by atoms with Crippen LogP contribution < -0.4 is 10.1 Å². The summed E-state index contributed by atoms with van der Waals surface area (Å²) in [4.78, 5) is 3.94. The lowest BCUT2D eigenvalue weighted by molar-refractivity contribution is -0.142. The van der Waals surface area contributed by atoms with Gasteiger partial charge in [-0.1, -0.05) is 25.4 Å². The van der Waals surface area contributed by atoms with Crippen molar-refractivity contribution in [1.29, 1.82) is 0 Å². The van der Waals surface area contributed by atoms with Gasteiger partial charge in [-0.05, 0) is 19.8 Å². The number of aryl methyl sites for hydroxylation is 2. The van der Waals surface area contributed by atoms with Gasteiger partial charge in [0.15, 0.2) is 0 Å². The molecule has 2 heterocycles. The summed E-state index contributed by atoms with van der Waals surface area (Å²) in [5, 5.41) is 6.77. The van der Waals surface area contributed by atoms with E-state index >= 15 is 0 Å². The number of rotatable bonds is 8. The molecular weight excluding hydrogens is 407 g/mol. The lowest BCUT2D eigenvalue weighted by Gasteiger charge is -2.21. The molecule has 28 heavy (non-hydrogen) atoms. The van der Waals surface area contributed by atoms with Gasteiger partial charge in [-0.3, -0.25) is 4.68 Å². The van der Waals surface area contributed by atoms with Crippen LogP contribution in [-0.4, -0.2) is 33.6 Å². The van der Waals surface area contributed by atoms with Crippen molar-refractivity contribution in [1.82, 2.24) is 14.8 Å². The molecular formula is C17H20ClF5N4O. The van der Waals surface area contributed by atoms with Crippen LogP contribution in [0.5, 0.6) is 5.75 Å². The van der Waals surface area contributed by atoms with E-state index < -0.39 is 18.8 Å². The van der Waals surface area contributed by atoms with E-state index in [4.69, 9.17) is 11.6 Å². The van der Waals surface area contributed by atoms with E-state index in [0.717, 1.165) is 12.3 Å². The number of alkyl halides is 5. The minimum absolute atomic E-state index is 0.116. The predicted octanol–water partition coefficient (Wildman–Crippen LogP) is 5.54. The second-order valence-corrected chi connectivity index (χ2v) is 6.25. The number of hydrogen-bond acceptors (Lipinski definition) is 4. The molecule has 2 aromatic heterocycles. The van der Waals surface area contributed by atoms with Gasteiger partial charge in [0, 0.05) is 18.8 Å². The minimum atomic E-state index is -4.51. The molecule has 2 aromatic rings. The Bertz CT molecular complexity index is 810. The summed E-state index contributed by atoms with van der Waals surface area (Å²) in [6, 6.07) is -0.869. The number of aromatic nitrogens is 3. The maximum absolute atomic E-state index is 13.0. The molecule has 0 aliphatic rings. The smallest absolute Gasteiger partial charge is 0.408 e. The Morgan fingerprint density at radius 3 is 2.43 bits per heavy atom. The fourth-order valence-corrected chi connectivity index (χ4v) is 3.05. The highest BCUT2D eigenvalue weighted by molar-refractivity contribution is 6.33. The number of nitrogens with zero attached hydrogens (tertiary/aromatic N) is 3. The van der Waals surface area contributed by atoms with Crippen LogP contribution in [0.15, 0.2) is 12.3 Å². The summed E-state index contributed by atoms with van der Waals surface area (Å²) >= 11 is 6.34. The van der Waals surface area contributed by atoms with Gasteiger partial charge in [-0.15, -0.1) is 0 Å². The van der Waals surface area contributed by atoms with Crippen LogP contribution >= 0.6 is 11.6 Å². The second kappa shape index (κ2) is 8.93. The predicted molar refractivity (Wildman–Crippen MR) is 95.9 cm³/mol. The first-order valence-corrected chi connectivity index (χ1v) is 9.03. The van der Waals surface area contributed by atoms with E-state index in [9.17, 15) is 22.0 Å². The second-order valence-electron chi connectivity index (χ2n) is 5.87. The molecule has 0 fully saturated rings. The van der Waals surface area contributed by atoms with Crippen LogP contribution in [0.2, 0.25) is 5.02 Å². The largest absolute Gasteiger partial charge is 0.434 e. The molecule has 0 saturated carbocycles. The minimum Gasteiger partial charge on any atom is -0.434 e. The average Bonchev–Trinajstić information content (AvgIpc) is 2.94. The lowest BCUT2D eigenvalue weighted by atomic mass is 10.1. The van der Waals surface area contributed by atoms with Crippen LogP contribution in [0.4, 0.5) is 27.8 Å². The van der Waals surface area contributed by atoms with E-state index in [1.165, 1.54) is 11.6 Å². The summed E-state index contributed by atoms with van der Waals surface area (Å²) in [5.74, 6) is -0.582. The maximum Gasteiger partial charge on any atom is 0.408 e. The third kappa shape index (κ3) is 4.84. The van der Waals surface area contributed by atoms with Crippen LogP contribution in [0.25, 0.3) is 11.3 Å². The molecule has 1 N–H and O–H groups in total. The van der Waals surface area contributed by atoms with Crippen molar-refractivity contribution in [2.45, 2.75) is 59.0 Å². The molecule has 0 aliphatic carbocycles. The van der Waals surface area contributed by atoms with Crippen molar-refractivity contribution in [2.24, 2.45) is 0 Å². The molecule has 0 aliphatic heterocycles. The molecule has 2 rings (SSSR count). The first-order chi connectivity index (χ1) is 13.1. The highest BCUT2D eigenvalue weighted by atomic mass is 35.5. The SMILES string of the molecule is CCc1nn(CC)c(-c2cnc(N[C@@H](CC)C(F)(F)F)cc2OC(F)F)c1Cl. The van der Waals surface area contributed by atoms with Crippen LogP contribution in [0.1, 0.15) is 32.9 Å². The molecule has 0 amide bonds. The highest BCUT2D eigenvalue weighted by Gasteiger charge is 2.38. The van der Waals surface area contributed by atoms with E-state index in [2.05, 4.69) is 20.1 Å². The molecule has 156 valence electrons. The van der Waals surface area contributed by atoms with Gasteiger partial charge in [0.25, 0.3) is 0 Å². The average molecular weight is 427 g/mol. The van der Waals surface area contributed by atoms with Gasteiger partial charge in [-0.25, -0.2) is 4.98 Å². The zero-order valence-corrected chi connectivity index (χ0v) is 16.2. The van der Waals surface area contributed by atoms with Gasteiger partial charge in [-0.2, -0.15) is 27.1 Å². The number of anilines is 1. The van der Waals surface area contributed by atoms with Crippen molar-refractivity contribution >= 4 is 17.4 Å². The monoisotopic (exact) mass is 426 g/mol. The number of pyridine rings is 1. The summed E-state index contributed by atoms with van der Waals surface area (Å²) in [5.41, 5.74) is 0.996. The van der Waals surface area contributed by atoms with Crippen molar-refractivity contribution in [3.63, 3.8) is 0 Å². The van der Waals surface area contributed by atoms with Crippen molar-refractivity contribution in [2.75, 3.05) is 5.32 Å². The first kappa shape index (κ1) is 22.2. The standard InChI is InChI=1S/C17H20ClF5N4O/c1-4-10-14(18)15(27(6-3)26-10)9-8-24-13(7-11(9)28-16(19)20)25-12(5-2)17(21,22)23/h7-8,12,16H,4-6H2,1-3H3,(H,24,25)/t12-/m0/s1. The molecule has 0 spiro atoms. The summed E-state index contributed by atoms with van der Waals surface area (Å²) in [6.07, 6.45) is -3.11. The molecule has 5 nitrogen and oxygen atoms in total. The molecule has 0 radical (unpaired) electrons. The Morgan fingerprint density at radius 2 is 1.93 bits per heavy atom. The first-order valence-electron chi connectivity index (χ1n) is 8.65. The van der Waals surface area contributed by atoms with Crippen molar-refractivity contribution in [3.8, 4) is 17.0 Å². The van der Waals surface area contributed by atoms with Gasteiger partial charge in [0.1, 0.15) is 17.6 Å². The fourth-order valence-electron chi connectivity index (χ4n) is 2.68. The van der Waals surface area contributed by atoms with E-state index in [1.807, 2.05) is 6.92 Å². The third-order valence-corrected chi connectivity index (χ3v) is 4.46. The Kier molecular flexibility index (Phi) is 7.08. The molecule has 0 saturated heterocycles. The molecule has 0 unspecified atom stereocenters. The Hall–Kier alpha value is -2.10. The zero-order chi connectivity index (χ0) is 21.1. The maximum atomic E-state index is 13.0. The fraction of sp³-hybridized carbons (Fsp3) is 0.529. The molecule has 0 bridgehead atoms. The number of hydrogen-bond donors (Lipinski definition) is 1. The topological polar surface area (TPSA) is 52.0 Å². The van der Waals surface area contributed by atoms with Gasteiger partial charge in [0.2, 0.25) is 0 Å². The summed E-state index contributed by atoms with van der Waals surface area (Å²) in [7, 11) is 0.